The molecule has 0 amide bonds. The lowest BCUT2D eigenvalue weighted by Crippen LogP contribution is -2.09. The Hall–Kier alpha value is -1.30. The Kier molecular flexibility index (Phi) is 5.40. The van der Waals surface area contributed by atoms with E-state index >= 15 is 0 Å². The molecular weight excluding hydrogens is 310 g/mol. The highest BCUT2D eigenvalue weighted by Crippen LogP contribution is 2.24. The molecule has 0 heterocycles. The second-order valence-corrected chi connectivity index (χ2v) is 4.24. The Labute approximate surface area is 111 Å². The maximum absolute atomic E-state index is 13.2. The largest absolute Gasteiger partial charge is 0.466 e. The van der Waals surface area contributed by atoms with Crippen molar-refractivity contribution < 1.29 is 23.1 Å². The second-order valence-electron chi connectivity index (χ2n) is 3.45. The molecule has 0 spiro atoms. The van der Waals surface area contributed by atoms with E-state index in [2.05, 4.69) is 20.7 Å². The molecule has 0 aliphatic carbocycles. The van der Waals surface area contributed by atoms with Crippen LogP contribution >= 0.6 is 15.9 Å². The summed E-state index contributed by atoms with van der Waals surface area (Å²) in [5.74, 6) is -3.10. The van der Waals surface area contributed by atoms with Crippen molar-refractivity contribution in [3.8, 4) is 0 Å². The van der Waals surface area contributed by atoms with Crippen molar-refractivity contribution in [2.75, 3.05) is 6.61 Å². The van der Waals surface area contributed by atoms with Gasteiger partial charge in [0.1, 0.15) is 0 Å². The molecule has 1 aromatic carbocycles. The van der Waals surface area contributed by atoms with Gasteiger partial charge in [-0.3, -0.25) is 9.59 Å². The molecule has 0 N–H and O–H groups in total. The van der Waals surface area contributed by atoms with Gasteiger partial charge in [0.05, 0.1) is 17.5 Å². The SMILES string of the molecule is CCOC(=O)CCC(=O)c1ccc(F)c(F)c1Br. The molecule has 98 valence electrons. The first-order valence-corrected chi connectivity index (χ1v) is 6.09. The van der Waals surface area contributed by atoms with Crippen LogP contribution in [0.2, 0.25) is 0 Å². The molecule has 3 nitrogen and oxygen atoms in total. The van der Waals surface area contributed by atoms with E-state index in [1.807, 2.05) is 0 Å². The zero-order chi connectivity index (χ0) is 13.7. The van der Waals surface area contributed by atoms with E-state index < -0.39 is 23.4 Å². The smallest absolute Gasteiger partial charge is 0.306 e. The summed E-state index contributed by atoms with van der Waals surface area (Å²) in [6, 6.07) is 2.05. The average Bonchev–Trinajstić information content (AvgIpc) is 2.34. The highest BCUT2D eigenvalue weighted by Gasteiger charge is 2.17. The number of hydrogen-bond donors (Lipinski definition) is 0. The van der Waals surface area contributed by atoms with Crippen LogP contribution in [0.1, 0.15) is 30.1 Å². The van der Waals surface area contributed by atoms with Crippen LogP contribution in [0.5, 0.6) is 0 Å². The normalized spacial score (nSPS) is 10.2. The summed E-state index contributed by atoms with van der Waals surface area (Å²) in [7, 11) is 0. The number of esters is 1. The molecule has 0 unspecified atom stereocenters. The molecule has 6 heteroatoms. The molecule has 0 aliphatic rings. The van der Waals surface area contributed by atoms with Gasteiger partial charge < -0.3 is 4.74 Å². The van der Waals surface area contributed by atoms with Crippen LogP contribution in [0, 0.1) is 11.6 Å². The highest BCUT2D eigenvalue weighted by molar-refractivity contribution is 9.10. The van der Waals surface area contributed by atoms with Gasteiger partial charge in [-0.2, -0.15) is 0 Å². The maximum Gasteiger partial charge on any atom is 0.306 e. The third kappa shape index (κ3) is 3.60. The number of benzene rings is 1. The summed E-state index contributed by atoms with van der Waals surface area (Å²) >= 11 is 2.82. The molecule has 0 aromatic heterocycles. The minimum atomic E-state index is -1.11. The zero-order valence-corrected chi connectivity index (χ0v) is 11.2. The van der Waals surface area contributed by atoms with E-state index in [4.69, 9.17) is 0 Å². The van der Waals surface area contributed by atoms with E-state index in [-0.39, 0.29) is 29.5 Å². The Bertz CT molecular complexity index is 475. The number of halogens is 3. The van der Waals surface area contributed by atoms with Gasteiger partial charge in [0, 0.05) is 12.0 Å². The van der Waals surface area contributed by atoms with E-state index in [0.717, 1.165) is 6.07 Å². The molecule has 0 saturated heterocycles. The first kappa shape index (κ1) is 14.8. The van der Waals surface area contributed by atoms with E-state index in [1.54, 1.807) is 6.92 Å². The topological polar surface area (TPSA) is 43.4 Å². The van der Waals surface area contributed by atoms with Crippen molar-refractivity contribution >= 4 is 27.7 Å². The number of carbonyl (C=O) groups is 2. The van der Waals surface area contributed by atoms with Gasteiger partial charge >= 0.3 is 5.97 Å². The van der Waals surface area contributed by atoms with Crippen molar-refractivity contribution in [3.63, 3.8) is 0 Å². The van der Waals surface area contributed by atoms with Gasteiger partial charge in [-0.1, -0.05) is 0 Å². The molecule has 0 radical (unpaired) electrons. The first-order valence-electron chi connectivity index (χ1n) is 5.29. The lowest BCUT2D eigenvalue weighted by atomic mass is 10.1. The third-order valence-electron chi connectivity index (χ3n) is 2.20. The first-order chi connectivity index (χ1) is 8.47. The number of Topliss-reactive ketones (excluding diaryl/α,β-unsaturated/α-hetero) is 1. The number of rotatable bonds is 5. The Morgan fingerprint density at radius 2 is 1.94 bits per heavy atom. The summed E-state index contributed by atoms with van der Waals surface area (Å²) in [6.45, 7) is 1.90. The van der Waals surface area contributed by atoms with E-state index in [1.165, 1.54) is 6.07 Å². The minimum Gasteiger partial charge on any atom is -0.466 e. The standard InChI is InChI=1S/C12H11BrF2O3/c1-2-18-10(17)6-5-9(16)7-3-4-8(14)12(15)11(7)13/h3-4H,2,5-6H2,1H3. The second kappa shape index (κ2) is 6.58. The van der Waals surface area contributed by atoms with Gasteiger partial charge in [-0.05, 0) is 35.0 Å². The Balaban J connectivity index is 2.74. The van der Waals surface area contributed by atoms with Crippen LogP contribution in [-0.4, -0.2) is 18.4 Å². The van der Waals surface area contributed by atoms with Crippen LogP contribution in [0.3, 0.4) is 0 Å². The molecule has 0 aliphatic heterocycles. The summed E-state index contributed by atoms with van der Waals surface area (Å²) in [5.41, 5.74) is 0.0122. The third-order valence-corrected chi connectivity index (χ3v) is 2.97. The van der Waals surface area contributed by atoms with Crippen LogP contribution in [0.15, 0.2) is 16.6 Å². The van der Waals surface area contributed by atoms with Crippen LogP contribution in [0.4, 0.5) is 8.78 Å². The van der Waals surface area contributed by atoms with Gasteiger partial charge in [0.25, 0.3) is 0 Å². The number of carbonyl (C=O) groups excluding carboxylic acids is 2. The molecule has 0 bridgehead atoms. The van der Waals surface area contributed by atoms with Gasteiger partial charge in [-0.15, -0.1) is 0 Å². The lowest BCUT2D eigenvalue weighted by Gasteiger charge is -2.05. The fourth-order valence-corrected chi connectivity index (χ4v) is 1.87. The molecule has 1 aromatic rings. The van der Waals surface area contributed by atoms with E-state index in [0.29, 0.717) is 0 Å². The Morgan fingerprint density at radius 1 is 1.28 bits per heavy atom. The Morgan fingerprint density at radius 3 is 2.56 bits per heavy atom. The highest BCUT2D eigenvalue weighted by atomic mass is 79.9. The quantitative estimate of drug-likeness (QED) is 0.475. The van der Waals surface area contributed by atoms with Crippen LogP contribution < -0.4 is 0 Å². The summed E-state index contributed by atoms with van der Waals surface area (Å²) in [5, 5.41) is 0. The molecule has 18 heavy (non-hydrogen) atoms. The van der Waals surface area contributed by atoms with Crippen molar-refractivity contribution in [2.45, 2.75) is 19.8 Å². The summed E-state index contributed by atoms with van der Waals surface area (Å²) < 4.78 is 30.5. The van der Waals surface area contributed by atoms with Crippen LogP contribution in [-0.2, 0) is 9.53 Å². The number of hydrogen-bond acceptors (Lipinski definition) is 3. The maximum atomic E-state index is 13.2. The molecular formula is C12H11BrF2O3. The number of ether oxygens (including phenoxy) is 1. The fraction of sp³-hybridized carbons (Fsp3) is 0.333. The number of ketones is 1. The van der Waals surface area contributed by atoms with Gasteiger partial charge in [0.2, 0.25) is 0 Å². The van der Waals surface area contributed by atoms with Crippen LogP contribution in [0.25, 0.3) is 0 Å². The fourth-order valence-electron chi connectivity index (χ4n) is 1.32. The minimum absolute atomic E-state index is 0.0122. The van der Waals surface area contributed by atoms with E-state index in [9.17, 15) is 18.4 Å². The molecule has 0 atom stereocenters. The van der Waals surface area contributed by atoms with Crippen molar-refractivity contribution in [1.29, 1.82) is 0 Å². The summed E-state index contributed by atoms with van der Waals surface area (Å²) in [6.07, 6.45) is -0.194. The summed E-state index contributed by atoms with van der Waals surface area (Å²) in [4.78, 5) is 22.8. The predicted molar refractivity (Wildman–Crippen MR) is 64.3 cm³/mol. The van der Waals surface area contributed by atoms with Gasteiger partial charge in [-0.25, -0.2) is 8.78 Å². The van der Waals surface area contributed by atoms with Gasteiger partial charge in [0.15, 0.2) is 17.4 Å². The van der Waals surface area contributed by atoms with Crippen molar-refractivity contribution in [1.82, 2.24) is 0 Å². The average molecular weight is 321 g/mol. The molecule has 0 fully saturated rings. The monoisotopic (exact) mass is 320 g/mol. The predicted octanol–water partition coefficient (Wildman–Crippen LogP) is 3.25. The molecule has 1 rings (SSSR count). The molecule has 0 saturated carbocycles. The zero-order valence-electron chi connectivity index (χ0n) is 9.63. The van der Waals surface area contributed by atoms with Crippen molar-refractivity contribution in [2.24, 2.45) is 0 Å². The lowest BCUT2D eigenvalue weighted by molar-refractivity contribution is -0.143. The van der Waals surface area contributed by atoms with Crippen molar-refractivity contribution in [3.05, 3.63) is 33.8 Å².